The number of fused-ring (bicyclic) bond motifs is 4. The summed E-state index contributed by atoms with van der Waals surface area (Å²) in [4.78, 5) is 73.3. The van der Waals surface area contributed by atoms with Crippen LogP contribution in [0.4, 0.5) is 9.59 Å². The molecule has 0 unspecified atom stereocenters. The molecule has 7 atom stereocenters. The summed E-state index contributed by atoms with van der Waals surface area (Å²) in [6, 6.07) is 17.1. The highest BCUT2D eigenvalue weighted by Gasteiger charge is 2.56. The molecule has 9 rings (SSSR count). The first-order valence-electron chi connectivity index (χ1n) is 21.8. The lowest BCUT2D eigenvalue weighted by Gasteiger charge is -2.33. The molecule has 1 saturated carbocycles. The normalized spacial score (nSPS) is 24.1. The highest BCUT2D eigenvalue weighted by atomic mass is 16.5. The van der Waals surface area contributed by atoms with Crippen molar-refractivity contribution in [2.24, 2.45) is 23.2 Å². The topological polar surface area (TPSA) is 184 Å². The van der Waals surface area contributed by atoms with Crippen LogP contribution in [0, 0.1) is 23.2 Å². The van der Waals surface area contributed by atoms with Gasteiger partial charge in [-0.25, -0.2) is 19.6 Å². The van der Waals surface area contributed by atoms with E-state index in [2.05, 4.69) is 69.1 Å². The Morgan fingerprint density at radius 1 is 0.823 bits per heavy atom. The zero-order chi connectivity index (χ0) is 43.4. The summed E-state index contributed by atoms with van der Waals surface area (Å²) < 4.78 is 15.6. The number of rotatable bonds is 10. The average molecular weight is 845 g/mol. The molecule has 4 amide bonds. The van der Waals surface area contributed by atoms with Crippen LogP contribution in [0.3, 0.4) is 0 Å². The van der Waals surface area contributed by atoms with Gasteiger partial charge in [0.2, 0.25) is 11.8 Å². The number of methoxy groups -OCH3 is 2. The van der Waals surface area contributed by atoms with Crippen LogP contribution in [0.5, 0.6) is 0 Å². The predicted molar refractivity (Wildman–Crippen MR) is 233 cm³/mol. The van der Waals surface area contributed by atoms with Crippen molar-refractivity contribution in [2.45, 2.75) is 90.0 Å². The monoisotopic (exact) mass is 844 g/mol. The standard InChI is InChI=1S/C47H56N8O7/c1-25(2)38(52-45(58)60-5)43(56)54-23-47(16-7-17-62-24-47)21-37(54)41-48-22-34(50-41)28-10-8-27(9-11-28)29-12-14-32-30(18-29)13-15-33-40(32)51-42(49-33)36-20-31-19-35(31)55(36)44(57)39(26(3)4)53-46(59)61-6/h8-15,18,22,25-26,31,35-39H,7,16-17,19-21,23-24H2,1-6H3,(H,48,50)(H,49,51)(H,52,58)(H,53,59)/t31-,35-,36-,37-,38-,39-,47-/m0/s1. The van der Waals surface area contributed by atoms with Crippen molar-refractivity contribution in [1.29, 1.82) is 0 Å². The van der Waals surface area contributed by atoms with Crippen LogP contribution in [0.1, 0.15) is 83.5 Å². The highest BCUT2D eigenvalue weighted by Crippen LogP contribution is 2.54. The Balaban J connectivity index is 0.936. The fraction of sp³-hybridized carbons (Fsp3) is 0.489. The number of H-pyrrole nitrogens is 2. The number of benzene rings is 3. The maximum absolute atomic E-state index is 14.2. The maximum Gasteiger partial charge on any atom is 0.407 e. The summed E-state index contributed by atoms with van der Waals surface area (Å²) in [7, 11) is 2.60. The molecule has 5 heterocycles. The molecule has 2 aromatic heterocycles. The van der Waals surface area contributed by atoms with Gasteiger partial charge >= 0.3 is 12.2 Å². The Hall–Kier alpha value is -5.96. The molecule has 3 saturated heterocycles. The van der Waals surface area contributed by atoms with E-state index < -0.39 is 24.3 Å². The Kier molecular flexibility index (Phi) is 10.9. The number of carbonyl (C=O) groups is 4. The van der Waals surface area contributed by atoms with Crippen LogP contribution >= 0.6 is 0 Å². The summed E-state index contributed by atoms with van der Waals surface area (Å²) in [6.45, 7) is 9.52. The molecule has 62 heavy (non-hydrogen) atoms. The van der Waals surface area contributed by atoms with Crippen molar-refractivity contribution in [2.75, 3.05) is 34.0 Å². The number of ether oxygens (including phenoxy) is 3. The molecule has 15 nitrogen and oxygen atoms in total. The molecule has 1 aliphatic carbocycles. The molecule has 4 N–H and O–H groups in total. The van der Waals surface area contributed by atoms with Crippen LogP contribution < -0.4 is 10.6 Å². The van der Waals surface area contributed by atoms with E-state index in [4.69, 9.17) is 24.2 Å². The van der Waals surface area contributed by atoms with Crippen molar-refractivity contribution < 1.29 is 33.4 Å². The summed E-state index contributed by atoms with van der Waals surface area (Å²) in [5, 5.41) is 7.63. The minimum Gasteiger partial charge on any atom is -0.453 e. The number of nitrogens with one attached hydrogen (secondary N) is 4. The third-order valence-corrected chi connectivity index (χ3v) is 13.6. The van der Waals surface area contributed by atoms with E-state index in [0.717, 1.165) is 88.7 Å². The second-order valence-electron chi connectivity index (χ2n) is 18.4. The van der Waals surface area contributed by atoms with Crippen LogP contribution in [0.2, 0.25) is 0 Å². The Labute approximate surface area is 360 Å². The number of hydrogen-bond donors (Lipinski definition) is 4. The predicted octanol–water partition coefficient (Wildman–Crippen LogP) is 7.27. The van der Waals surface area contributed by atoms with E-state index in [1.165, 1.54) is 14.2 Å². The lowest BCUT2D eigenvalue weighted by atomic mass is 9.80. The number of amides is 4. The van der Waals surface area contributed by atoms with E-state index in [9.17, 15) is 19.2 Å². The Morgan fingerprint density at radius 3 is 2.19 bits per heavy atom. The zero-order valence-corrected chi connectivity index (χ0v) is 36.2. The molecular formula is C47H56N8O7. The summed E-state index contributed by atoms with van der Waals surface area (Å²) in [5.74, 6) is 1.40. The molecule has 3 aromatic carbocycles. The van der Waals surface area contributed by atoms with Gasteiger partial charge in [0, 0.05) is 30.0 Å². The van der Waals surface area contributed by atoms with E-state index in [-0.39, 0.29) is 47.2 Å². The molecule has 3 aliphatic heterocycles. The number of piperidine rings is 1. The number of imidazole rings is 2. The lowest BCUT2D eigenvalue weighted by molar-refractivity contribution is -0.137. The van der Waals surface area contributed by atoms with Gasteiger partial charge in [-0.3, -0.25) is 9.59 Å². The quantitative estimate of drug-likeness (QED) is 0.112. The van der Waals surface area contributed by atoms with E-state index >= 15 is 0 Å². The van der Waals surface area contributed by atoms with Crippen LogP contribution in [0.25, 0.3) is 44.2 Å². The fourth-order valence-corrected chi connectivity index (χ4v) is 10.1. The number of carbonyl (C=O) groups excluding carboxylic acids is 4. The number of aromatic amines is 2. The molecule has 4 fully saturated rings. The van der Waals surface area contributed by atoms with Crippen molar-refractivity contribution in [3.63, 3.8) is 0 Å². The third kappa shape index (κ3) is 7.64. The zero-order valence-electron chi connectivity index (χ0n) is 36.2. The Morgan fingerprint density at radius 2 is 1.52 bits per heavy atom. The van der Waals surface area contributed by atoms with E-state index in [1.54, 1.807) is 0 Å². The van der Waals surface area contributed by atoms with Crippen LogP contribution in [0.15, 0.2) is 60.8 Å². The van der Waals surface area contributed by atoms with Crippen molar-refractivity contribution in [1.82, 2.24) is 40.4 Å². The number of alkyl carbamates (subject to hydrolysis) is 2. The van der Waals surface area contributed by atoms with Crippen LogP contribution in [-0.4, -0.2) is 106 Å². The van der Waals surface area contributed by atoms with Gasteiger partial charge in [-0.2, -0.15) is 0 Å². The molecule has 15 heteroatoms. The molecule has 326 valence electrons. The highest BCUT2D eigenvalue weighted by molar-refractivity contribution is 6.05. The van der Waals surface area contributed by atoms with Gasteiger partial charge in [-0.05, 0) is 84.1 Å². The van der Waals surface area contributed by atoms with Gasteiger partial charge in [0.05, 0.1) is 55.8 Å². The summed E-state index contributed by atoms with van der Waals surface area (Å²) in [5.41, 5.74) is 5.55. The SMILES string of the molecule is COC(=O)N[C@H](C(=O)N1C[C@]2(CCCOC2)C[C@H]1c1ncc(-c2ccc(-c3ccc4c(ccc5nc([C@@H]6C[C@@H]7C[C@@H]7N6C(=O)[C@@H](NC(=O)OC)C(C)C)[nH]c54)c3)cc2)[nH]1)C(C)C. The number of aromatic nitrogens is 4. The van der Waals surface area contributed by atoms with Crippen molar-refractivity contribution in [3.05, 3.63) is 72.4 Å². The van der Waals surface area contributed by atoms with Crippen molar-refractivity contribution in [3.8, 4) is 22.4 Å². The van der Waals surface area contributed by atoms with Crippen LogP contribution in [-0.2, 0) is 23.8 Å². The third-order valence-electron chi connectivity index (χ3n) is 13.6. The summed E-state index contributed by atoms with van der Waals surface area (Å²) >= 11 is 0. The first-order chi connectivity index (χ1) is 29.9. The maximum atomic E-state index is 14.2. The van der Waals surface area contributed by atoms with Gasteiger partial charge in [0.15, 0.2) is 0 Å². The van der Waals surface area contributed by atoms with Gasteiger partial charge in [0.25, 0.3) is 0 Å². The van der Waals surface area contributed by atoms with Gasteiger partial charge < -0.3 is 44.6 Å². The number of hydrogen-bond acceptors (Lipinski definition) is 9. The largest absolute Gasteiger partial charge is 0.453 e. The molecule has 1 spiro atoms. The Bertz CT molecular complexity index is 2510. The lowest BCUT2D eigenvalue weighted by Crippen LogP contribution is -2.52. The minimum atomic E-state index is -0.739. The van der Waals surface area contributed by atoms with Gasteiger partial charge in [-0.1, -0.05) is 70.2 Å². The van der Waals surface area contributed by atoms with E-state index in [1.807, 2.05) is 49.8 Å². The molecule has 0 bridgehead atoms. The number of nitrogens with zero attached hydrogens (tertiary/aromatic N) is 4. The first kappa shape index (κ1) is 41.4. The smallest absolute Gasteiger partial charge is 0.407 e. The number of likely N-dealkylation sites (tertiary alicyclic amines) is 2. The molecule has 0 radical (unpaired) electrons. The molecule has 5 aromatic rings. The van der Waals surface area contributed by atoms with Crippen molar-refractivity contribution >= 4 is 45.8 Å². The molecular weight excluding hydrogens is 789 g/mol. The fourth-order valence-electron chi connectivity index (χ4n) is 10.1. The van der Waals surface area contributed by atoms with Gasteiger partial charge in [0.1, 0.15) is 23.7 Å². The average Bonchev–Trinajstić information content (AvgIpc) is 3.70. The van der Waals surface area contributed by atoms with Gasteiger partial charge in [-0.15, -0.1) is 0 Å². The summed E-state index contributed by atoms with van der Waals surface area (Å²) in [6.07, 6.45) is 5.00. The van der Waals surface area contributed by atoms with E-state index in [0.29, 0.717) is 24.9 Å². The first-order valence-corrected chi connectivity index (χ1v) is 21.8. The second kappa shape index (κ2) is 16.4. The molecule has 4 aliphatic rings. The minimum absolute atomic E-state index is 0.101. The second-order valence-corrected chi connectivity index (χ2v) is 18.4.